The molecule has 0 spiro atoms. The summed E-state index contributed by atoms with van der Waals surface area (Å²) in [7, 11) is -3.24. The maximum absolute atomic E-state index is 12.2. The third kappa shape index (κ3) is 3.67. The molecule has 0 N–H and O–H groups in total. The topological polar surface area (TPSA) is 60.2 Å². The van der Waals surface area contributed by atoms with E-state index in [1.54, 1.807) is 13.0 Å². The first-order chi connectivity index (χ1) is 8.85. The zero-order chi connectivity index (χ0) is 14.0. The molecule has 4 nitrogen and oxygen atoms in total. The molecule has 0 saturated heterocycles. The Bertz CT molecular complexity index is 686. The third-order valence-corrected chi connectivity index (χ3v) is 4.41. The van der Waals surface area contributed by atoms with Crippen LogP contribution in [0.4, 0.5) is 0 Å². The van der Waals surface area contributed by atoms with Gasteiger partial charge in [0.1, 0.15) is 5.76 Å². The maximum atomic E-state index is 12.2. The predicted octanol–water partition coefficient (Wildman–Crippen LogP) is 2.71. The largest absolute Gasteiger partial charge is 0.361 e. The average molecular weight is 279 g/mol. The standard InChI is InChI=1S/C14H17NO3S/c1-10-4-5-11(2)13(6-10)8-19(16,17)9-14-7-12(3)18-15-14/h4-7H,8-9H2,1-3H3. The summed E-state index contributed by atoms with van der Waals surface area (Å²) >= 11 is 0. The van der Waals surface area contributed by atoms with Crippen molar-refractivity contribution >= 4 is 9.84 Å². The van der Waals surface area contributed by atoms with E-state index in [2.05, 4.69) is 5.16 Å². The van der Waals surface area contributed by atoms with Crippen molar-refractivity contribution in [1.82, 2.24) is 5.16 Å². The maximum Gasteiger partial charge on any atom is 0.160 e. The van der Waals surface area contributed by atoms with Gasteiger partial charge >= 0.3 is 0 Å². The molecule has 5 heteroatoms. The molecule has 1 heterocycles. The number of nitrogens with zero attached hydrogens (tertiary/aromatic N) is 1. The molecule has 0 aliphatic carbocycles. The number of hydrogen-bond donors (Lipinski definition) is 0. The highest BCUT2D eigenvalue weighted by Crippen LogP contribution is 2.17. The zero-order valence-corrected chi connectivity index (χ0v) is 12.1. The summed E-state index contributed by atoms with van der Waals surface area (Å²) in [6.07, 6.45) is 0. The van der Waals surface area contributed by atoms with Gasteiger partial charge in [0.2, 0.25) is 0 Å². The van der Waals surface area contributed by atoms with Gasteiger partial charge < -0.3 is 4.52 Å². The molecular weight excluding hydrogens is 262 g/mol. The van der Waals surface area contributed by atoms with Gasteiger partial charge in [-0.1, -0.05) is 28.9 Å². The Morgan fingerprint density at radius 3 is 2.47 bits per heavy atom. The summed E-state index contributed by atoms with van der Waals surface area (Å²) in [5.74, 6) is 0.571. The summed E-state index contributed by atoms with van der Waals surface area (Å²) in [4.78, 5) is 0. The Kier molecular flexibility index (Phi) is 3.75. The van der Waals surface area contributed by atoms with Crippen LogP contribution >= 0.6 is 0 Å². The van der Waals surface area contributed by atoms with Crippen molar-refractivity contribution < 1.29 is 12.9 Å². The quantitative estimate of drug-likeness (QED) is 0.863. The molecule has 0 saturated carbocycles. The molecule has 0 aliphatic rings. The van der Waals surface area contributed by atoms with E-state index < -0.39 is 9.84 Å². The van der Waals surface area contributed by atoms with Crippen molar-refractivity contribution in [2.45, 2.75) is 32.3 Å². The van der Waals surface area contributed by atoms with E-state index in [-0.39, 0.29) is 11.5 Å². The van der Waals surface area contributed by atoms with Crippen LogP contribution in [0.2, 0.25) is 0 Å². The lowest BCUT2D eigenvalue weighted by molar-refractivity contribution is 0.392. The van der Waals surface area contributed by atoms with Crippen LogP contribution < -0.4 is 0 Å². The van der Waals surface area contributed by atoms with Gasteiger partial charge in [-0.05, 0) is 31.9 Å². The lowest BCUT2D eigenvalue weighted by atomic mass is 10.1. The summed E-state index contributed by atoms with van der Waals surface area (Å²) in [6.45, 7) is 5.62. The first-order valence-electron chi connectivity index (χ1n) is 6.04. The third-order valence-electron chi connectivity index (χ3n) is 2.92. The van der Waals surface area contributed by atoms with Crippen LogP contribution in [0.1, 0.15) is 28.1 Å². The summed E-state index contributed by atoms with van der Waals surface area (Å²) in [6, 6.07) is 7.49. The fourth-order valence-corrected chi connectivity index (χ4v) is 3.43. The molecular formula is C14H17NO3S. The smallest absolute Gasteiger partial charge is 0.160 e. The molecule has 0 fully saturated rings. The zero-order valence-electron chi connectivity index (χ0n) is 11.3. The minimum atomic E-state index is -3.24. The van der Waals surface area contributed by atoms with E-state index in [4.69, 9.17) is 4.52 Å². The van der Waals surface area contributed by atoms with Gasteiger partial charge in [0, 0.05) is 6.07 Å². The van der Waals surface area contributed by atoms with E-state index in [1.165, 1.54) is 0 Å². The Morgan fingerprint density at radius 2 is 1.84 bits per heavy atom. The highest BCUT2D eigenvalue weighted by molar-refractivity contribution is 7.89. The minimum Gasteiger partial charge on any atom is -0.361 e. The lowest BCUT2D eigenvalue weighted by Crippen LogP contribution is -2.09. The number of aryl methyl sites for hydroxylation is 3. The van der Waals surface area contributed by atoms with Gasteiger partial charge in [-0.3, -0.25) is 0 Å². The van der Waals surface area contributed by atoms with E-state index in [0.717, 1.165) is 16.7 Å². The van der Waals surface area contributed by atoms with Crippen molar-refractivity contribution in [1.29, 1.82) is 0 Å². The molecule has 19 heavy (non-hydrogen) atoms. The number of benzene rings is 1. The molecule has 2 aromatic rings. The highest BCUT2D eigenvalue weighted by atomic mass is 32.2. The van der Waals surface area contributed by atoms with E-state index >= 15 is 0 Å². The predicted molar refractivity (Wildman–Crippen MR) is 73.5 cm³/mol. The van der Waals surface area contributed by atoms with E-state index in [1.807, 2.05) is 32.0 Å². The molecule has 1 aromatic carbocycles. The lowest BCUT2D eigenvalue weighted by Gasteiger charge is -2.07. The monoisotopic (exact) mass is 279 g/mol. The summed E-state index contributed by atoms with van der Waals surface area (Å²) in [5.41, 5.74) is 3.36. The molecule has 0 aliphatic heterocycles. The average Bonchev–Trinajstić information content (AvgIpc) is 2.68. The van der Waals surface area contributed by atoms with Crippen LogP contribution in [-0.4, -0.2) is 13.6 Å². The second kappa shape index (κ2) is 5.17. The van der Waals surface area contributed by atoms with Crippen molar-refractivity contribution in [2.75, 3.05) is 0 Å². The molecule has 2 rings (SSSR count). The normalized spacial score (nSPS) is 11.7. The van der Waals surface area contributed by atoms with Gasteiger partial charge in [-0.15, -0.1) is 0 Å². The van der Waals surface area contributed by atoms with Gasteiger partial charge in [-0.25, -0.2) is 8.42 Å². The van der Waals surface area contributed by atoms with Crippen LogP contribution in [0.3, 0.4) is 0 Å². The Morgan fingerprint density at radius 1 is 1.11 bits per heavy atom. The molecule has 102 valence electrons. The van der Waals surface area contributed by atoms with Crippen LogP contribution in [-0.2, 0) is 21.3 Å². The van der Waals surface area contributed by atoms with E-state index in [9.17, 15) is 8.42 Å². The summed E-state index contributed by atoms with van der Waals surface area (Å²) in [5, 5.41) is 3.73. The van der Waals surface area contributed by atoms with E-state index in [0.29, 0.717) is 11.5 Å². The highest BCUT2D eigenvalue weighted by Gasteiger charge is 2.17. The van der Waals surface area contributed by atoms with Gasteiger partial charge in [0.25, 0.3) is 0 Å². The van der Waals surface area contributed by atoms with Gasteiger partial charge in [0.15, 0.2) is 9.84 Å². The summed E-state index contributed by atoms with van der Waals surface area (Å²) < 4.78 is 29.2. The van der Waals surface area contributed by atoms with Crippen molar-refractivity contribution in [3.8, 4) is 0 Å². The number of aromatic nitrogens is 1. The van der Waals surface area contributed by atoms with Crippen LogP contribution in [0.5, 0.6) is 0 Å². The number of sulfone groups is 1. The molecule has 0 bridgehead atoms. The number of hydrogen-bond acceptors (Lipinski definition) is 4. The fourth-order valence-electron chi connectivity index (χ4n) is 1.96. The van der Waals surface area contributed by atoms with Crippen LogP contribution in [0.25, 0.3) is 0 Å². The molecule has 1 aromatic heterocycles. The molecule has 0 amide bonds. The van der Waals surface area contributed by atoms with Gasteiger partial charge in [0.05, 0.1) is 17.2 Å². The molecule has 0 radical (unpaired) electrons. The first kappa shape index (κ1) is 13.8. The number of rotatable bonds is 4. The van der Waals surface area contributed by atoms with Gasteiger partial charge in [-0.2, -0.15) is 0 Å². The Labute approximate surface area is 113 Å². The van der Waals surface area contributed by atoms with Crippen molar-refractivity contribution in [3.05, 3.63) is 52.4 Å². The molecule has 0 unspecified atom stereocenters. The van der Waals surface area contributed by atoms with Crippen LogP contribution in [0, 0.1) is 20.8 Å². The Balaban J connectivity index is 2.19. The SMILES string of the molecule is Cc1ccc(C)c(CS(=O)(=O)Cc2cc(C)on2)c1. The second-order valence-corrected chi connectivity index (χ2v) is 6.96. The Hall–Kier alpha value is -1.62. The van der Waals surface area contributed by atoms with Crippen molar-refractivity contribution in [3.63, 3.8) is 0 Å². The fraction of sp³-hybridized carbons (Fsp3) is 0.357. The first-order valence-corrected chi connectivity index (χ1v) is 7.86. The second-order valence-electron chi connectivity index (χ2n) is 4.89. The molecule has 0 atom stereocenters. The minimum absolute atomic E-state index is 0.0341. The van der Waals surface area contributed by atoms with Crippen LogP contribution in [0.15, 0.2) is 28.8 Å². The van der Waals surface area contributed by atoms with Crippen molar-refractivity contribution in [2.24, 2.45) is 0 Å².